The fourth-order valence-corrected chi connectivity index (χ4v) is 11.5. The smallest absolute Gasteiger partial charge is 0.163 e. The molecule has 0 saturated carbocycles. The van der Waals surface area contributed by atoms with Gasteiger partial charge in [0.05, 0.1) is 28.0 Å². The maximum Gasteiger partial charge on any atom is 0.163 e. The van der Waals surface area contributed by atoms with Crippen molar-refractivity contribution in [2.24, 2.45) is 0 Å². The van der Waals surface area contributed by atoms with Crippen LogP contribution in [0.5, 0.6) is 5.75 Å². The number of imidazole rings is 1. The minimum Gasteiger partial charge on any atom is -0.507 e. The van der Waals surface area contributed by atoms with Crippen molar-refractivity contribution < 1.29 is 30.6 Å². The summed E-state index contributed by atoms with van der Waals surface area (Å²) in [7, 11) is 0. The zero-order valence-corrected chi connectivity index (χ0v) is 44.9. The number of aromatic hydroxyl groups is 1. The topological polar surface area (TPSA) is 64.1 Å². The summed E-state index contributed by atoms with van der Waals surface area (Å²) < 4.78 is 9.01. The van der Waals surface area contributed by atoms with Crippen LogP contribution in [0.15, 0.2) is 162 Å². The van der Waals surface area contributed by atoms with Crippen LogP contribution in [0, 0.1) is 19.9 Å². The molecule has 364 valence electrons. The Hall–Kier alpha value is -7.33. The Morgan fingerprint density at radius 1 is 0.562 bits per heavy atom. The standard InChI is InChI=1S/C67H58N3O2.Pt/c1-38(2)47-35-53(39(3)4)63(54(36-47)40(5)6)51-24-16-23-48(43-19-10-9-11-20-43)62(51)52-32-34-56-65(60(52)46-29-31-50-49-22-12-13-26-58(49)72-59(50)37-46)69-67(70(56)66-41(7)17-14-18-42(66)8)55-33-30-45-28-27-44-21-15-25-57(71)61(44)64(45)68-55;/h9-26,30-40,71H,27-28H2,1-8H3;/q-1;. The van der Waals surface area contributed by atoms with E-state index in [9.17, 15) is 5.11 Å². The predicted octanol–water partition coefficient (Wildman–Crippen LogP) is 17.9. The quantitative estimate of drug-likeness (QED) is 0.146. The Morgan fingerprint density at radius 3 is 1.97 bits per heavy atom. The summed E-state index contributed by atoms with van der Waals surface area (Å²) in [5.41, 5.74) is 24.2. The van der Waals surface area contributed by atoms with E-state index in [0.717, 1.165) is 130 Å². The predicted molar refractivity (Wildman–Crippen MR) is 298 cm³/mol. The second-order valence-corrected chi connectivity index (χ2v) is 20.7. The first-order valence-electron chi connectivity index (χ1n) is 25.6. The molecule has 3 heterocycles. The van der Waals surface area contributed by atoms with Crippen molar-refractivity contribution >= 4 is 33.0 Å². The maximum atomic E-state index is 11.4. The van der Waals surface area contributed by atoms with Crippen molar-refractivity contribution in [3.05, 3.63) is 203 Å². The molecule has 0 saturated heterocycles. The summed E-state index contributed by atoms with van der Waals surface area (Å²) in [5, 5.41) is 13.5. The number of phenols is 1. The van der Waals surface area contributed by atoms with Gasteiger partial charge in [-0.3, -0.25) is 4.57 Å². The molecule has 0 unspecified atom stereocenters. The molecule has 1 aliphatic carbocycles. The van der Waals surface area contributed by atoms with Crippen molar-refractivity contribution in [1.82, 2.24) is 14.5 Å². The van der Waals surface area contributed by atoms with E-state index in [2.05, 4.69) is 199 Å². The molecule has 0 fully saturated rings. The second-order valence-electron chi connectivity index (χ2n) is 20.7. The number of hydrogen-bond acceptors (Lipinski definition) is 4. The molecular weight excluding hydrogens is 1070 g/mol. The van der Waals surface area contributed by atoms with E-state index in [-0.39, 0.29) is 38.7 Å². The zero-order valence-electron chi connectivity index (χ0n) is 42.7. The maximum absolute atomic E-state index is 11.4. The normalized spacial score (nSPS) is 12.3. The summed E-state index contributed by atoms with van der Waals surface area (Å²) in [6, 6.07) is 60.2. The van der Waals surface area contributed by atoms with Gasteiger partial charge in [0.1, 0.15) is 17.0 Å². The molecule has 6 heteroatoms. The van der Waals surface area contributed by atoms with Crippen LogP contribution >= 0.6 is 0 Å². The van der Waals surface area contributed by atoms with Gasteiger partial charge in [0, 0.05) is 26.6 Å². The van der Waals surface area contributed by atoms with E-state index in [1.54, 1.807) is 6.07 Å². The molecule has 0 radical (unpaired) electrons. The van der Waals surface area contributed by atoms with Gasteiger partial charge < -0.3 is 9.52 Å². The van der Waals surface area contributed by atoms with Gasteiger partial charge in [-0.05, 0) is 146 Å². The number of aryl methyl sites for hydroxylation is 4. The number of pyridine rings is 1. The average molecular weight is 1130 g/mol. The molecular formula is C67H58N3O2Pt-. The molecule has 12 rings (SSSR count). The van der Waals surface area contributed by atoms with Crippen LogP contribution in [0.2, 0.25) is 0 Å². The van der Waals surface area contributed by atoms with E-state index in [4.69, 9.17) is 14.4 Å². The van der Waals surface area contributed by atoms with E-state index in [1.165, 1.54) is 27.8 Å². The second kappa shape index (κ2) is 18.9. The number of para-hydroxylation sites is 2. The third-order valence-corrected chi connectivity index (χ3v) is 15.1. The van der Waals surface area contributed by atoms with Gasteiger partial charge in [-0.1, -0.05) is 174 Å². The molecule has 0 atom stereocenters. The van der Waals surface area contributed by atoms with Gasteiger partial charge >= 0.3 is 0 Å². The fraction of sp³-hybridized carbons (Fsp3) is 0.194. The van der Waals surface area contributed by atoms with Crippen LogP contribution in [0.3, 0.4) is 0 Å². The number of nitrogens with zero attached hydrogens (tertiary/aromatic N) is 3. The van der Waals surface area contributed by atoms with Crippen LogP contribution in [0.4, 0.5) is 0 Å². The molecule has 0 spiro atoms. The molecule has 1 aliphatic rings. The summed E-state index contributed by atoms with van der Waals surface area (Å²) in [5.74, 6) is 1.89. The minimum atomic E-state index is 0. The largest absolute Gasteiger partial charge is 0.507 e. The monoisotopic (exact) mass is 1130 g/mol. The first-order valence-corrected chi connectivity index (χ1v) is 25.6. The van der Waals surface area contributed by atoms with Gasteiger partial charge in [0.25, 0.3) is 0 Å². The summed E-state index contributed by atoms with van der Waals surface area (Å²) in [4.78, 5) is 11.4. The van der Waals surface area contributed by atoms with Crippen LogP contribution in [-0.2, 0) is 33.9 Å². The van der Waals surface area contributed by atoms with Crippen LogP contribution < -0.4 is 0 Å². The number of rotatable bonds is 9. The Labute approximate surface area is 442 Å². The van der Waals surface area contributed by atoms with Crippen molar-refractivity contribution in [2.75, 3.05) is 0 Å². The molecule has 0 aliphatic heterocycles. The molecule has 3 aromatic heterocycles. The van der Waals surface area contributed by atoms with Gasteiger partial charge in [0.2, 0.25) is 0 Å². The third kappa shape index (κ3) is 8.05. The fourth-order valence-electron chi connectivity index (χ4n) is 11.5. The number of phenolic OH excluding ortho intramolecular Hbond substituents is 1. The Balaban J connectivity index is 0.00000574. The van der Waals surface area contributed by atoms with Crippen LogP contribution in [0.1, 0.15) is 98.2 Å². The number of benzene rings is 8. The van der Waals surface area contributed by atoms with Crippen molar-refractivity contribution in [3.63, 3.8) is 0 Å². The molecule has 73 heavy (non-hydrogen) atoms. The number of furan rings is 1. The first-order chi connectivity index (χ1) is 34.9. The van der Waals surface area contributed by atoms with Gasteiger partial charge in [-0.2, -0.15) is 0 Å². The van der Waals surface area contributed by atoms with Crippen LogP contribution in [-0.4, -0.2) is 19.6 Å². The average Bonchev–Trinajstić information content (AvgIpc) is 3.96. The van der Waals surface area contributed by atoms with Crippen molar-refractivity contribution in [1.29, 1.82) is 0 Å². The number of hydrogen-bond donors (Lipinski definition) is 1. The molecule has 1 N–H and O–H groups in total. The van der Waals surface area contributed by atoms with Crippen LogP contribution in [0.25, 0.3) is 106 Å². The van der Waals surface area contributed by atoms with E-state index >= 15 is 0 Å². The van der Waals surface area contributed by atoms with E-state index in [1.807, 2.05) is 18.2 Å². The molecule has 8 aromatic carbocycles. The Kier molecular flexibility index (Phi) is 12.4. The van der Waals surface area contributed by atoms with E-state index in [0.29, 0.717) is 5.92 Å². The summed E-state index contributed by atoms with van der Waals surface area (Å²) in [6.07, 6.45) is 1.70. The SMILES string of the molecule is Cc1cccc(C)c1-n1c(-c2ccc3c(n2)-c2c(O)cccc2CC3)nc2c(-c3[c-]cc4c(c3)oc3ccccc34)c(-c3c(-c4ccccc4)cccc3-c3c(C(C)C)cc(C(C)C)cc3C(C)C)ccc21.[Pt]. The van der Waals surface area contributed by atoms with Gasteiger partial charge in [-0.15, -0.1) is 23.8 Å². The van der Waals surface area contributed by atoms with Crippen molar-refractivity contribution in [3.8, 4) is 78.7 Å². The zero-order chi connectivity index (χ0) is 49.5. The minimum absolute atomic E-state index is 0. The summed E-state index contributed by atoms with van der Waals surface area (Å²) >= 11 is 0. The van der Waals surface area contributed by atoms with Gasteiger partial charge in [-0.25, -0.2) is 9.97 Å². The first kappa shape index (κ1) is 48.0. The molecule has 0 amide bonds. The van der Waals surface area contributed by atoms with Crippen molar-refractivity contribution in [2.45, 2.75) is 86.0 Å². The number of aromatic nitrogens is 3. The molecule has 0 bridgehead atoms. The molecule has 5 nitrogen and oxygen atoms in total. The molecule has 11 aromatic rings. The third-order valence-electron chi connectivity index (χ3n) is 15.1. The Morgan fingerprint density at radius 2 is 1.23 bits per heavy atom. The summed E-state index contributed by atoms with van der Waals surface area (Å²) in [6.45, 7) is 18.3. The van der Waals surface area contributed by atoms with E-state index < -0.39 is 0 Å². The van der Waals surface area contributed by atoms with Gasteiger partial charge in [0.15, 0.2) is 5.82 Å². The number of fused-ring (bicyclic) bond motifs is 7. The Bertz CT molecular complexity index is 3900.